The second kappa shape index (κ2) is 4.21. The second-order valence-electron chi connectivity index (χ2n) is 0.402. The molecule has 0 aromatic heterocycles. The molecule has 2 nitrogen and oxygen atoms in total. The first kappa shape index (κ1) is 8.96. The van der Waals surface area contributed by atoms with Crippen LogP contribution in [0.5, 0.6) is 0 Å². The maximum absolute atomic E-state index is 4.62. The summed E-state index contributed by atoms with van der Waals surface area (Å²) >= 11 is 4.09. The zero-order valence-corrected chi connectivity index (χ0v) is 5.48. The molecule has 0 aliphatic rings. The minimum absolute atomic E-state index is 0. The van der Waals surface area contributed by atoms with Crippen LogP contribution >= 0.6 is 12.2 Å². The van der Waals surface area contributed by atoms with Gasteiger partial charge in [-0.15, -0.1) is 0 Å². The number of thiocarbonyl (C=S) groups is 1. The number of hydrogen-bond donors (Lipinski definition) is 2. The Balaban J connectivity index is 0. The average molecular weight is 157 g/mol. The van der Waals surface area contributed by atoms with E-state index in [4.69, 9.17) is 0 Å². The van der Waals surface area contributed by atoms with Crippen LogP contribution in [0, 0.1) is 0 Å². The van der Waals surface area contributed by atoms with Crippen LogP contribution in [0.25, 0.3) is 0 Å². The van der Waals surface area contributed by atoms with Gasteiger partial charge < -0.3 is 11.5 Å². The Kier molecular flexibility index (Phi) is 7.54. The molecule has 0 aromatic carbocycles. The molecule has 0 aliphatic carbocycles. The first-order valence-corrected chi connectivity index (χ1v) is 1.19. The Morgan fingerprint density at radius 2 is 1.40 bits per heavy atom. The van der Waals surface area contributed by atoms with E-state index in [1.165, 1.54) is 0 Å². The van der Waals surface area contributed by atoms with Crippen LogP contribution in [0.15, 0.2) is 0 Å². The molecule has 0 aliphatic heterocycles. The molecule has 5 heavy (non-hydrogen) atoms. The van der Waals surface area contributed by atoms with Gasteiger partial charge in [-0.05, 0) is 12.2 Å². The third-order valence-corrected chi connectivity index (χ3v) is 0. The standard InChI is InChI=1S/CH4N2S.H2Se/c2-1(3)4;/h(H4,2,3,4);1H2. The zero-order valence-electron chi connectivity index (χ0n) is 2.56. The maximum atomic E-state index is 4.62. The van der Waals surface area contributed by atoms with E-state index in [2.05, 4.69) is 23.7 Å². The van der Waals surface area contributed by atoms with Crippen LogP contribution in [-0.2, 0) is 0 Å². The van der Waals surface area contributed by atoms with Crippen molar-refractivity contribution in [2.75, 3.05) is 0 Å². The fourth-order valence-electron chi connectivity index (χ4n) is 0. The van der Waals surface area contributed by atoms with Crippen LogP contribution in [-0.4, -0.2) is 22.2 Å². The summed E-state index contributed by atoms with van der Waals surface area (Å²) in [4.78, 5) is 0. The Labute approximate surface area is 46.4 Å². The van der Waals surface area contributed by atoms with Crippen molar-refractivity contribution in [3.05, 3.63) is 0 Å². The quantitative estimate of drug-likeness (QED) is 0.324. The Morgan fingerprint density at radius 1 is 1.40 bits per heavy atom. The van der Waals surface area contributed by atoms with Crippen molar-refractivity contribution in [1.29, 1.82) is 0 Å². The molecular weight excluding hydrogens is 151 g/mol. The van der Waals surface area contributed by atoms with Gasteiger partial charge in [0.2, 0.25) is 0 Å². The van der Waals surface area contributed by atoms with Gasteiger partial charge in [-0.1, -0.05) is 0 Å². The van der Waals surface area contributed by atoms with Crippen LogP contribution in [0.4, 0.5) is 0 Å². The molecule has 4 N–H and O–H groups in total. The zero-order chi connectivity index (χ0) is 3.58. The molecule has 0 aromatic rings. The minimum atomic E-state index is 0. The summed E-state index contributed by atoms with van der Waals surface area (Å²) in [5.74, 6) is 0. The van der Waals surface area contributed by atoms with Crippen LogP contribution in [0.1, 0.15) is 0 Å². The predicted molar refractivity (Wildman–Crippen MR) is 29.5 cm³/mol. The Bertz CT molecular complexity index is 32.6. The van der Waals surface area contributed by atoms with Crippen LogP contribution in [0.2, 0.25) is 0 Å². The predicted octanol–water partition coefficient (Wildman–Crippen LogP) is -1.73. The summed E-state index contributed by atoms with van der Waals surface area (Å²) in [5.41, 5.74) is 9.24. The Morgan fingerprint density at radius 3 is 1.40 bits per heavy atom. The summed E-state index contributed by atoms with van der Waals surface area (Å²) in [7, 11) is 0. The molecule has 0 fully saturated rings. The van der Waals surface area contributed by atoms with E-state index in [0.29, 0.717) is 0 Å². The van der Waals surface area contributed by atoms with Crippen molar-refractivity contribution in [3.8, 4) is 0 Å². The molecule has 0 saturated heterocycles. The van der Waals surface area contributed by atoms with Gasteiger partial charge in [0, 0.05) is 0 Å². The molecule has 0 saturated carbocycles. The van der Waals surface area contributed by atoms with E-state index < -0.39 is 0 Å². The van der Waals surface area contributed by atoms with E-state index in [9.17, 15) is 0 Å². The van der Waals surface area contributed by atoms with E-state index >= 15 is 0 Å². The molecule has 0 bridgehead atoms. The first-order chi connectivity index (χ1) is 1.73. The van der Waals surface area contributed by atoms with Crippen molar-refractivity contribution in [2.24, 2.45) is 11.5 Å². The topological polar surface area (TPSA) is 52.0 Å². The molecule has 0 atom stereocenters. The fourth-order valence-corrected chi connectivity index (χ4v) is 0. The summed E-state index contributed by atoms with van der Waals surface area (Å²) < 4.78 is 0. The van der Waals surface area contributed by atoms with Gasteiger partial charge in [-0.2, -0.15) is 0 Å². The fraction of sp³-hybridized carbons (Fsp3) is 0. The number of rotatable bonds is 0. The molecule has 32 valence electrons. The number of hydrogen-bond acceptors (Lipinski definition) is 1. The van der Waals surface area contributed by atoms with Gasteiger partial charge in [-0.25, -0.2) is 0 Å². The van der Waals surface area contributed by atoms with Gasteiger partial charge in [0.15, 0.2) is 5.11 Å². The van der Waals surface area contributed by atoms with Gasteiger partial charge in [0.25, 0.3) is 0 Å². The summed E-state index contributed by atoms with van der Waals surface area (Å²) in [6, 6.07) is 0. The number of nitrogens with two attached hydrogens (primary N) is 2. The van der Waals surface area contributed by atoms with Crippen molar-refractivity contribution >= 4 is 34.4 Å². The van der Waals surface area contributed by atoms with Crippen molar-refractivity contribution < 1.29 is 0 Å². The molecule has 0 heterocycles. The van der Waals surface area contributed by atoms with E-state index in [-0.39, 0.29) is 22.2 Å². The monoisotopic (exact) mass is 158 g/mol. The van der Waals surface area contributed by atoms with Gasteiger partial charge >= 0.3 is 17.1 Å². The normalized spacial score (nSPS) is 4.80. The molecule has 0 radical (unpaired) electrons. The van der Waals surface area contributed by atoms with E-state index in [0.717, 1.165) is 0 Å². The van der Waals surface area contributed by atoms with Crippen LogP contribution < -0.4 is 11.5 Å². The summed E-state index contributed by atoms with van der Waals surface area (Å²) in [5, 5.41) is 0.000000000000000222. The molecule has 0 amide bonds. The van der Waals surface area contributed by atoms with Crippen LogP contribution in [0.3, 0.4) is 0 Å². The van der Waals surface area contributed by atoms with Crippen molar-refractivity contribution in [3.63, 3.8) is 0 Å². The first-order valence-electron chi connectivity index (χ1n) is 0.781. The molecule has 4 heteroatoms. The summed E-state index contributed by atoms with van der Waals surface area (Å²) in [6.45, 7) is 0. The van der Waals surface area contributed by atoms with E-state index in [1.807, 2.05) is 0 Å². The molecule has 0 unspecified atom stereocenters. The molecular formula is CH6N2SSe. The third kappa shape index (κ3) is 468. The second-order valence-corrected chi connectivity index (χ2v) is 0.874. The van der Waals surface area contributed by atoms with Gasteiger partial charge in [0.05, 0.1) is 0 Å². The average Bonchev–Trinajstić information content (AvgIpc) is 0.811. The third-order valence-electron chi connectivity index (χ3n) is 0. The van der Waals surface area contributed by atoms with E-state index in [1.54, 1.807) is 0 Å². The van der Waals surface area contributed by atoms with Gasteiger partial charge in [0.1, 0.15) is 0 Å². The molecule has 0 rings (SSSR count). The summed E-state index contributed by atoms with van der Waals surface area (Å²) in [6.07, 6.45) is 0. The van der Waals surface area contributed by atoms with Crippen molar-refractivity contribution in [1.82, 2.24) is 0 Å². The molecule has 0 spiro atoms. The Hall–Kier alpha value is 0.209. The van der Waals surface area contributed by atoms with Crippen molar-refractivity contribution in [2.45, 2.75) is 0 Å². The van der Waals surface area contributed by atoms with Gasteiger partial charge in [-0.3, -0.25) is 0 Å². The SMILES string of the molecule is NC(N)=S.[SeH2].